The van der Waals surface area contributed by atoms with E-state index in [-0.39, 0.29) is 17.4 Å². The van der Waals surface area contributed by atoms with Gasteiger partial charge in [-0.1, -0.05) is 24.3 Å². The molecule has 0 aliphatic heterocycles. The zero-order chi connectivity index (χ0) is 20.4. The number of nitrogens with zero attached hydrogens (tertiary/aromatic N) is 2. The van der Waals surface area contributed by atoms with E-state index < -0.39 is 0 Å². The number of likely N-dealkylation sites (N-methyl/N-ethyl adjacent to an activating group) is 1. The first-order chi connectivity index (χ1) is 14.0. The topological polar surface area (TPSA) is 90.6 Å². The Balaban J connectivity index is 1.72. The lowest BCUT2D eigenvalue weighted by molar-refractivity contribution is 0.0926. The summed E-state index contributed by atoms with van der Waals surface area (Å²) in [5.74, 6) is 0.0343. The second kappa shape index (κ2) is 7.81. The maximum Gasteiger partial charge on any atom is 0.289 e. The molecule has 7 nitrogen and oxygen atoms in total. The molecule has 0 atom stereocenters. The van der Waals surface area contributed by atoms with Gasteiger partial charge in [-0.25, -0.2) is 0 Å². The first kappa shape index (κ1) is 18.8. The molecule has 148 valence electrons. The third-order valence-electron chi connectivity index (χ3n) is 4.65. The van der Waals surface area contributed by atoms with Crippen LogP contribution >= 0.6 is 0 Å². The van der Waals surface area contributed by atoms with Crippen molar-refractivity contribution in [2.24, 2.45) is 0 Å². The van der Waals surface area contributed by atoms with Crippen LogP contribution in [0.3, 0.4) is 0 Å². The number of anilines is 2. The van der Waals surface area contributed by atoms with Crippen LogP contribution in [0.2, 0.25) is 0 Å². The first-order valence-electron chi connectivity index (χ1n) is 9.31. The number of hydrogen-bond donors (Lipinski definition) is 3. The number of hydrogen-bond acceptors (Lipinski definition) is 6. The lowest BCUT2D eigenvalue weighted by atomic mass is 10.1. The molecule has 0 radical (unpaired) electrons. The zero-order valence-electron chi connectivity index (χ0n) is 16.3. The number of nitrogens with one attached hydrogen (secondary N) is 2. The molecule has 0 aliphatic carbocycles. The van der Waals surface area contributed by atoms with Crippen LogP contribution in [0.15, 0.2) is 59.3 Å². The third kappa shape index (κ3) is 3.86. The van der Waals surface area contributed by atoms with Crippen molar-refractivity contribution in [3.63, 3.8) is 0 Å². The molecular weight excluding hydrogens is 368 g/mol. The summed E-state index contributed by atoms with van der Waals surface area (Å²) in [6, 6.07) is 12.9. The standard InChI is InChI=1S/C22H22N4O3/c1-26(2)10-9-24-22(28)21-20(17-7-8-23-13-19(17)29-21)25-15-11-14-5-3-4-6-16(14)18(27)12-15/h3-8,11-13,25,27H,9-10H2,1-2H3,(H,24,28). The number of aromatic nitrogens is 1. The van der Waals surface area contributed by atoms with Crippen molar-refractivity contribution in [3.05, 3.63) is 60.6 Å². The van der Waals surface area contributed by atoms with Crippen LogP contribution in [0.25, 0.3) is 21.7 Å². The zero-order valence-corrected chi connectivity index (χ0v) is 16.3. The second-order valence-electron chi connectivity index (χ2n) is 7.08. The Labute approximate surface area is 168 Å². The number of rotatable bonds is 6. The smallest absolute Gasteiger partial charge is 0.289 e. The molecule has 1 amide bonds. The lowest BCUT2D eigenvalue weighted by Crippen LogP contribution is -2.31. The summed E-state index contributed by atoms with van der Waals surface area (Å²) in [7, 11) is 3.89. The van der Waals surface area contributed by atoms with E-state index in [1.54, 1.807) is 24.5 Å². The van der Waals surface area contributed by atoms with Crippen molar-refractivity contribution in [2.45, 2.75) is 0 Å². The first-order valence-corrected chi connectivity index (χ1v) is 9.31. The molecular formula is C22H22N4O3. The van der Waals surface area contributed by atoms with Gasteiger partial charge >= 0.3 is 0 Å². The largest absolute Gasteiger partial charge is 0.507 e. The molecule has 2 heterocycles. The highest BCUT2D eigenvalue weighted by molar-refractivity contribution is 6.07. The molecule has 29 heavy (non-hydrogen) atoms. The summed E-state index contributed by atoms with van der Waals surface area (Å²) in [6.45, 7) is 1.21. The Bertz CT molecular complexity index is 1180. The van der Waals surface area contributed by atoms with Gasteiger partial charge in [-0.15, -0.1) is 0 Å². The van der Waals surface area contributed by atoms with Gasteiger partial charge in [0.2, 0.25) is 5.76 Å². The van der Waals surface area contributed by atoms with E-state index in [1.807, 2.05) is 49.3 Å². The van der Waals surface area contributed by atoms with E-state index in [4.69, 9.17) is 4.42 Å². The summed E-state index contributed by atoms with van der Waals surface area (Å²) in [5.41, 5.74) is 1.71. The summed E-state index contributed by atoms with van der Waals surface area (Å²) in [6.07, 6.45) is 3.23. The number of phenols is 1. The molecule has 0 fully saturated rings. The number of fused-ring (bicyclic) bond motifs is 2. The molecule has 4 aromatic rings. The van der Waals surface area contributed by atoms with Crippen molar-refractivity contribution < 1.29 is 14.3 Å². The lowest BCUT2D eigenvalue weighted by Gasteiger charge is -2.12. The molecule has 0 saturated carbocycles. The van der Waals surface area contributed by atoms with Crippen LogP contribution in [0, 0.1) is 0 Å². The van der Waals surface area contributed by atoms with E-state index in [2.05, 4.69) is 15.6 Å². The number of benzene rings is 2. The normalized spacial score (nSPS) is 11.3. The molecule has 3 N–H and O–H groups in total. The SMILES string of the molecule is CN(C)CCNC(=O)c1oc2cnccc2c1Nc1cc(O)c2ccccc2c1. The fraction of sp³-hybridized carbons (Fsp3) is 0.182. The van der Waals surface area contributed by atoms with Crippen LogP contribution in [-0.4, -0.2) is 48.1 Å². The number of carbonyl (C=O) groups is 1. The monoisotopic (exact) mass is 390 g/mol. The highest BCUT2D eigenvalue weighted by Crippen LogP contribution is 2.35. The van der Waals surface area contributed by atoms with Crippen molar-refractivity contribution in [2.75, 3.05) is 32.5 Å². The molecule has 2 aromatic heterocycles. The van der Waals surface area contributed by atoms with Gasteiger partial charge in [0.05, 0.1) is 11.9 Å². The van der Waals surface area contributed by atoms with Gasteiger partial charge < -0.3 is 25.1 Å². The van der Waals surface area contributed by atoms with Gasteiger partial charge in [0, 0.05) is 41.8 Å². The van der Waals surface area contributed by atoms with Crippen LogP contribution in [0.1, 0.15) is 10.6 Å². The van der Waals surface area contributed by atoms with Crippen LogP contribution in [0.5, 0.6) is 5.75 Å². The Morgan fingerprint density at radius 3 is 2.83 bits per heavy atom. The van der Waals surface area contributed by atoms with Gasteiger partial charge in [0.1, 0.15) is 5.75 Å². The van der Waals surface area contributed by atoms with E-state index in [0.717, 1.165) is 22.7 Å². The highest BCUT2D eigenvalue weighted by atomic mass is 16.3. The molecule has 7 heteroatoms. The Morgan fingerprint density at radius 1 is 1.17 bits per heavy atom. The fourth-order valence-corrected chi connectivity index (χ4v) is 3.22. The van der Waals surface area contributed by atoms with Gasteiger partial charge in [-0.05, 0) is 31.6 Å². The predicted octanol–water partition coefficient (Wildman–Crippen LogP) is 3.72. The fourth-order valence-electron chi connectivity index (χ4n) is 3.22. The number of carbonyl (C=O) groups excluding carboxylic acids is 1. The number of phenolic OH excluding ortho intramolecular Hbond substituents is 1. The van der Waals surface area contributed by atoms with Gasteiger partial charge in [-0.3, -0.25) is 9.78 Å². The van der Waals surface area contributed by atoms with Crippen molar-refractivity contribution in [1.29, 1.82) is 0 Å². The minimum absolute atomic E-state index is 0.164. The molecule has 2 aromatic carbocycles. The number of pyridine rings is 1. The summed E-state index contributed by atoms with van der Waals surface area (Å²) in [5, 5.41) is 18.9. The van der Waals surface area contributed by atoms with E-state index >= 15 is 0 Å². The molecule has 0 spiro atoms. The van der Waals surface area contributed by atoms with Crippen LogP contribution < -0.4 is 10.6 Å². The number of amides is 1. The van der Waals surface area contributed by atoms with Crippen molar-refractivity contribution in [1.82, 2.24) is 15.2 Å². The van der Waals surface area contributed by atoms with E-state index in [9.17, 15) is 9.90 Å². The van der Waals surface area contributed by atoms with Gasteiger partial charge in [-0.2, -0.15) is 0 Å². The molecule has 0 bridgehead atoms. The predicted molar refractivity (Wildman–Crippen MR) is 114 cm³/mol. The molecule has 0 aliphatic rings. The minimum atomic E-state index is -0.310. The Kier molecular flexibility index (Phi) is 5.05. The highest BCUT2D eigenvalue weighted by Gasteiger charge is 2.21. The quantitative estimate of drug-likeness (QED) is 0.465. The summed E-state index contributed by atoms with van der Waals surface area (Å²) < 4.78 is 5.80. The average molecular weight is 390 g/mol. The Morgan fingerprint density at radius 2 is 2.00 bits per heavy atom. The van der Waals surface area contributed by atoms with Gasteiger partial charge in [0.15, 0.2) is 5.58 Å². The summed E-state index contributed by atoms with van der Waals surface area (Å²) in [4.78, 5) is 18.8. The van der Waals surface area contributed by atoms with E-state index in [1.165, 1.54) is 0 Å². The second-order valence-corrected chi connectivity index (χ2v) is 7.08. The average Bonchev–Trinajstić information content (AvgIpc) is 3.06. The maximum absolute atomic E-state index is 12.8. The van der Waals surface area contributed by atoms with Crippen molar-refractivity contribution >= 4 is 39.0 Å². The number of furan rings is 1. The Hall–Kier alpha value is -3.58. The van der Waals surface area contributed by atoms with E-state index in [0.29, 0.717) is 23.5 Å². The maximum atomic E-state index is 12.8. The van der Waals surface area contributed by atoms with Crippen molar-refractivity contribution in [3.8, 4) is 5.75 Å². The van der Waals surface area contributed by atoms with Gasteiger partial charge in [0.25, 0.3) is 5.91 Å². The molecule has 4 rings (SSSR count). The minimum Gasteiger partial charge on any atom is -0.507 e. The molecule has 0 saturated heterocycles. The van der Waals surface area contributed by atoms with Crippen LogP contribution in [-0.2, 0) is 0 Å². The van der Waals surface area contributed by atoms with Crippen LogP contribution in [0.4, 0.5) is 11.4 Å². The number of aromatic hydroxyl groups is 1. The summed E-state index contributed by atoms with van der Waals surface area (Å²) >= 11 is 0. The third-order valence-corrected chi connectivity index (χ3v) is 4.65. The molecule has 0 unspecified atom stereocenters.